The van der Waals surface area contributed by atoms with Crippen LogP contribution in [0.5, 0.6) is 0 Å². The van der Waals surface area contributed by atoms with E-state index in [0.717, 1.165) is 0 Å². The second-order valence-corrected chi connectivity index (χ2v) is 5.48. The molecule has 0 aliphatic rings. The molecule has 0 fully saturated rings. The minimum absolute atomic E-state index is 0.00225. The Balaban J connectivity index is 2.95. The fourth-order valence-electron chi connectivity index (χ4n) is 1.40. The summed E-state index contributed by atoms with van der Waals surface area (Å²) in [6.07, 6.45) is 0.00225. The number of sulfonamides is 1. The summed E-state index contributed by atoms with van der Waals surface area (Å²) in [5, 5.41) is 10.9. The van der Waals surface area contributed by atoms with Crippen LogP contribution in [0.25, 0.3) is 0 Å². The van der Waals surface area contributed by atoms with Gasteiger partial charge in [0.15, 0.2) is 5.75 Å². The lowest BCUT2D eigenvalue weighted by Gasteiger charge is -2.11. The molecule has 7 nitrogen and oxygen atoms in total. The van der Waals surface area contributed by atoms with Crippen LogP contribution >= 0.6 is 0 Å². The summed E-state index contributed by atoms with van der Waals surface area (Å²) in [6.45, 7) is 0. The van der Waals surface area contributed by atoms with Crippen LogP contribution in [0.2, 0.25) is 0 Å². The number of nitrogens with one attached hydrogen (secondary N) is 2. The zero-order valence-corrected chi connectivity index (χ0v) is 11.0. The second kappa shape index (κ2) is 6.19. The second-order valence-electron chi connectivity index (χ2n) is 3.76. The van der Waals surface area contributed by atoms with Crippen LogP contribution in [-0.4, -0.2) is 38.2 Å². The zero-order valence-electron chi connectivity index (χ0n) is 10.2. The first kappa shape index (κ1) is 15.0. The van der Waals surface area contributed by atoms with E-state index < -0.39 is 21.7 Å². The highest BCUT2D eigenvalue weighted by atomic mass is 32.2. The molecule has 0 aliphatic carbocycles. The highest BCUT2D eigenvalue weighted by Gasteiger charge is 2.17. The SMILES string of the molecule is CNC(=O)Cc1ccccc1NS(=O)(=O)CC(=O)O. The van der Waals surface area contributed by atoms with Crippen molar-refractivity contribution >= 4 is 27.6 Å². The monoisotopic (exact) mass is 286 g/mol. The summed E-state index contributed by atoms with van der Waals surface area (Å²) in [4.78, 5) is 21.7. The van der Waals surface area contributed by atoms with Gasteiger partial charge in [-0.1, -0.05) is 18.2 Å². The maximum atomic E-state index is 11.5. The topological polar surface area (TPSA) is 113 Å². The van der Waals surface area contributed by atoms with Gasteiger partial charge in [0.25, 0.3) is 0 Å². The first-order chi connectivity index (χ1) is 8.84. The maximum Gasteiger partial charge on any atom is 0.320 e. The highest BCUT2D eigenvalue weighted by molar-refractivity contribution is 7.93. The van der Waals surface area contributed by atoms with Gasteiger partial charge >= 0.3 is 5.97 Å². The van der Waals surface area contributed by atoms with Gasteiger partial charge in [0.2, 0.25) is 15.9 Å². The number of carboxylic acids is 1. The number of anilines is 1. The van der Waals surface area contributed by atoms with Crippen molar-refractivity contribution < 1.29 is 23.1 Å². The Morgan fingerprint density at radius 2 is 1.89 bits per heavy atom. The zero-order chi connectivity index (χ0) is 14.5. The number of amides is 1. The third-order valence-corrected chi connectivity index (χ3v) is 3.38. The number of carboxylic acid groups (broad SMARTS) is 1. The van der Waals surface area contributed by atoms with E-state index in [-0.39, 0.29) is 18.0 Å². The van der Waals surface area contributed by atoms with Crippen molar-refractivity contribution in [2.75, 3.05) is 17.5 Å². The molecular formula is C11H14N2O5S. The van der Waals surface area contributed by atoms with Gasteiger partial charge in [-0.2, -0.15) is 0 Å². The van der Waals surface area contributed by atoms with Gasteiger partial charge in [-0.15, -0.1) is 0 Å². The molecule has 0 radical (unpaired) electrons. The number of benzene rings is 1. The number of para-hydroxylation sites is 1. The molecule has 0 unspecified atom stereocenters. The lowest BCUT2D eigenvalue weighted by atomic mass is 10.1. The number of hydrogen-bond acceptors (Lipinski definition) is 4. The third kappa shape index (κ3) is 4.96. The molecule has 1 amide bonds. The molecule has 3 N–H and O–H groups in total. The Hall–Kier alpha value is -2.09. The number of hydrogen-bond donors (Lipinski definition) is 3. The van der Waals surface area contributed by atoms with E-state index in [1.165, 1.54) is 13.1 Å². The van der Waals surface area contributed by atoms with E-state index in [1.54, 1.807) is 18.2 Å². The molecule has 0 heterocycles. The van der Waals surface area contributed by atoms with E-state index in [0.29, 0.717) is 5.56 Å². The molecular weight excluding hydrogens is 272 g/mol. The fourth-order valence-corrected chi connectivity index (χ4v) is 2.33. The van der Waals surface area contributed by atoms with Gasteiger partial charge in [-0.05, 0) is 11.6 Å². The first-order valence-electron chi connectivity index (χ1n) is 5.35. The molecule has 0 aliphatic heterocycles. The van der Waals surface area contributed by atoms with Gasteiger partial charge in [-0.25, -0.2) is 8.42 Å². The van der Waals surface area contributed by atoms with Crippen molar-refractivity contribution in [2.45, 2.75) is 6.42 Å². The van der Waals surface area contributed by atoms with Crippen molar-refractivity contribution in [1.82, 2.24) is 5.32 Å². The lowest BCUT2D eigenvalue weighted by Crippen LogP contribution is -2.24. The Morgan fingerprint density at radius 1 is 1.26 bits per heavy atom. The Morgan fingerprint density at radius 3 is 2.47 bits per heavy atom. The predicted octanol–water partition coefficient (Wildman–Crippen LogP) is -0.199. The largest absolute Gasteiger partial charge is 0.480 e. The molecule has 8 heteroatoms. The van der Waals surface area contributed by atoms with Crippen LogP contribution in [0.3, 0.4) is 0 Å². The van der Waals surface area contributed by atoms with Crippen LogP contribution < -0.4 is 10.0 Å². The number of carbonyl (C=O) groups is 2. The summed E-state index contributed by atoms with van der Waals surface area (Å²) >= 11 is 0. The van der Waals surface area contributed by atoms with Gasteiger partial charge in [0.05, 0.1) is 12.1 Å². The number of likely N-dealkylation sites (N-methyl/N-ethyl adjacent to an activating group) is 1. The summed E-state index contributed by atoms with van der Waals surface area (Å²) in [5.74, 6) is -2.75. The predicted molar refractivity (Wildman–Crippen MR) is 69.3 cm³/mol. The molecule has 1 aromatic carbocycles. The van der Waals surface area contributed by atoms with E-state index in [9.17, 15) is 18.0 Å². The van der Waals surface area contributed by atoms with Crippen LogP contribution in [0.15, 0.2) is 24.3 Å². The molecule has 1 aromatic rings. The van der Waals surface area contributed by atoms with Crippen molar-refractivity contribution in [1.29, 1.82) is 0 Å². The van der Waals surface area contributed by atoms with E-state index in [2.05, 4.69) is 10.0 Å². The third-order valence-electron chi connectivity index (χ3n) is 2.23. The van der Waals surface area contributed by atoms with Crippen LogP contribution in [-0.2, 0) is 26.0 Å². The maximum absolute atomic E-state index is 11.5. The highest BCUT2D eigenvalue weighted by Crippen LogP contribution is 2.17. The van der Waals surface area contributed by atoms with Crippen LogP contribution in [0, 0.1) is 0 Å². The van der Waals surface area contributed by atoms with Gasteiger partial charge in [-0.3, -0.25) is 14.3 Å². The first-order valence-corrected chi connectivity index (χ1v) is 7.00. The normalized spacial score (nSPS) is 10.8. The molecule has 0 spiro atoms. The van der Waals surface area contributed by atoms with Crippen LogP contribution in [0.1, 0.15) is 5.56 Å². The molecule has 0 atom stereocenters. The molecule has 0 saturated heterocycles. The summed E-state index contributed by atoms with van der Waals surface area (Å²) in [7, 11) is -2.51. The van der Waals surface area contributed by atoms with Crippen LogP contribution in [0.4, 0.5) is 5.69 Å². The molecule has 1 rings (SSSR count). The summed E-state index contributed by atoms with van der Waals surface area (Å²) in [5.41, 5.74) is 0.670. The van der Waals surface area contributed by atoms with E-state index in [4.69, 9.17) is 5.11 Å². The number of carbonyl (C=O) groups excluding carboxylic acids is 1. The molecule has 19 heavy (non-hydrogen) atoms. The van der Waals surface area contributed by atoms with Crippen molar-refractivity contribution in [3.63, 3.8) is 0 Å². The minimum atomic E-state index is -3.98. The Kier molecular flexibility index (Phi) is 4.87. The summed E-state index contributed by atoms with van der Waals surface area (Å²) in [6, 6.07) is 6.31. The minimum Gasteiger partial charge on any atom is -0.480 e. The number of rotatable bonds is 6. The van der Waals surface area contributed by atoms with Crippen molar-refractivity contribution in [3.8, 4) is 0 Å². The average molecular weight is 286 g/mol. The van der Waals surface area contributed by atoms with Crippen molar-refractivity contribution in [3.05, 3.63) is 29.8 Å². The average Bonchev–Trinajstić information content (AvgIpc) is 2.29. The van der Waals surface area contributed by atoms with Crippen molar-refractivity contribution in [2.24, 2.45) is 0 Å². The fraction of sp³-hybridized carbons (Fsp3) is 0.273. The van der Waals surface area contributed by atoms with Gasteiger partial charge in [0.1, 0.15) is 0 Å². The standard InChI is InChI=1S/C11H14N2O5S/c1-12-10(14)6-8-4-2-3-5-9(8)13-19(17,18)7-11(15)16/h2-5,13H,6-7H2,1H3,(H,12,14)(H,15,16). The smallest absolute Gasteiger partial charge is 0.320 e. The molecule has 104 valence electrons. The van der Waals surface area contributed by atoms with E-state index in [1.807, 2.05) is 0 Å². The lowest BCUT2D eigenvalue weighted by molar-refractivity contribution is -0.134. The van der Waals surface area contributed by atoms with E-state index >= 15 is 0 Å². The molecule has 0 bridgehead atoms. The van der Waals surface area contributed by atoms with Gasteiger partial charge in [0, 0.05) is 7.05 Å². The number of aliphatic carboxylic acids is 1. The quantitative estimate of drug-likeness (QED) is 0.670. The molecule has 0 aromatic heterocycles. The van der Waals surface area contributed by atoms with Gasteiger partial charge < -0.3 is 10.4 Å². The Labute approximate surface area is 110 Å². The summed E-state index contributed by atoms with van der Waals surface area (Å²) < 4.78 is 25.2. The molecule has 0 saturated carbocycles. The Bertz CT molecular complexity index is 583.